The summed E-state index contributed by atoms with van der Waals surface area (Å²) in [5, 5.41) is 6.67. The summed E-state index contributed by atoms with van der Waals surface area (Å²) < 4.78 is 10.6. The van der Waals surface area contributed by atoms with Crippen LogP contribution in [0.2, 0.25) is 0 Å². The summed E-state index contributed by atoms with van der Waals surface area (Å²) in [5.41, 5.74) is 1.06. The molecule has 0 amide bonds. The van der Waals surface area contributed by atoms with Crippen LogP contribution in [-0.2, 0) is 20.7 Å². The van der Waals surface area contributed by atoms with Crippen LogP contribution in [0.4, 0.5) is 0 Å². The maximum Gasteiger partial charge on any atom is 0.328 e. The van der Waals surface area contributed by atoms with Gasteiger partial charge in [0.05, 0.1) is 18.2 Å². The van der Waals surface area contributed by atoms with E-state index in [0.717, 1.165) is 24.9 Å². The van der Waals surface area contributed by atoms with Gasteiger partial charge in [-0.05, 0) is 24.9 Å². The quantitative estimate of drug-likeness (QED) is 0.544. The van der Waals surface area contributed by atoms with E-state index >= 15 is 0 Å². The average Bonchev–Trinajstić information content (AvgIpc) is 3.16. The minimum absolute atomic E-state index is 0.00136. The molecule has 2 rings (SSSR count). The molecule has 5 nitrogen and oxygen atoms in total. The smallest absolute Gasteiger partial charge is 0.328 e. The highest BCUT2D eigenvalue weighted by molar-refractivity contribution is 7.80. The summed E-state index contributed by atoms with van der Waals surface area (Å²) in [6.07, 6.45) is 2.74. The molecule has 4 unspecified atom stereocenters. The molecular formula is C19H28N2O3S. The van der Waals surface area contributed by atoms with Gasteiger partial charge in [0.15, 0.2) is 0 Å². The summed E-state index contributed by atoms with van der Waals surface area (Å²) in [5.74, 6) is -0.315. The number of methoxy groups -OCH3 is 2. The van der Waals surface area contributed by atoms with Gasteiger partial charge in [-0.25, -0.2) is 4.79 Å². The number of carbonyl (C=O) groups is 1. The van der Waals surface area contributed by atoms with Crippen LogP contribution in [0.1, 0.15) is 25.3 Å². The Morgan fingerprint density at radius 2 is 2.08 bits per heavy atom. The second-order valence-electron chi connectivity index (χ2n) is 6.47. The van der Waals surface area contributed by atoms with Gasteiger partial charge in [-0.1, -0.05) is 49.5 Å². The number of carbonyl (C=O) groups excluding carboxylic acids is 1. The fraction of sp³-hybridized carbons (Fsp3) is 0.579. The Morgan fingerprint density at radius 3 is 2.64 bits per heavy atom. The van der Waals surface area contributed by atoms with Gasteiger partial charge in [0.25, 0.3) is 0 Å². The van der Waals surface area contributed by atoms with Crippen LogP contribution in [0.25, 0.3) is 0 Å². The number of rotatable bonds is 8. The van der Waals surface area contributed by atoms with Crippen molar-refractivity contribution in [2.24, 2.45) is 5.92 Å². The molecule has 1 aliphatic rings. The SMILES string of the molecule is COC(=O)C(Cc1ccccc1)NC(=S)C(C)C(OC)C1CCCN1. The monoisotopic (exact) mass is 364 g/mol. The van der Waals surface area contributed by atoms with Gasteiger partial charge >= 0.3 is 5.97 Å². The zero-order valence-corrected chi connectivity index (χ0v) is 16.0. The molecule has 1 heterocycles. The molecule has 1 saturated heterocycles. The Labute approximate surface area is 155 Å². The van der Waals surface area contributed by atoms with Crippen molar-refractivity contribution in [2.75, 3.05) is 20.8 Å². The van der Waals surface area contributed by atoms with E-state index in [4.69, 9.17) is 21.7 Å². The number of thiocarbonyl (C=S) groups is 1. The van der Waals surface area contributed by atoms with Crippen molar-refractivity contribution < 1.29 is 14.3 Å². The Morgan fingerprint density at radius 1 is 1.36 bits per heavy atom. The molecule has 0 bridgehead atoms. The molecular weight excluding hydrogens is 336 g/mol. The fourth-order valence-electron chi connectivity index (χ4n) is 3.35. The van der Waals surface area contributed by atoms with Gasteiger partial charge in [-0.2, -0.15) is 0 Å². The lowest BCUT2D eigenvalue weighted by atomic mass is 9.95. The maximum atomic E-state index is 12.2. The van der Waals surface area contributed by atoms with E-state index in [-0.39, 0.29) is 18.0 Å². The van der Waals surface area contributed by atoms with E-state index in [9.17, 15) is 4.79 Å². The number of ether oxygens (including phenoxy) is 2. The van der Waals surface area contributed by atoms with Crippen molar-refractivity contribution in [1.29, 1.82) is 0 Å². The number of nitrogens with one attached hydrogen (secondary N) is 2. The van der Waals surface area contributed by atoms with Crippen LogP contribution in [0.3, 0.4) is 0 Å². The van der Waals surface area contributed by atoms with Crippen molar-refractivity contribution in [3.63, 3.8) is 0 Å². The predicted molar refractivity (Wildman–Crippen MR) is 103 cm³/mol. The molecule has 138 valence electrons. The van der Waals surface area contributed by atoms with Gasteiger partial charge < -0.3 is 20.1 Å². The van der Waals surface area contributed by atoms with E-state index in [1.807, 2.05) is 37.3 Å². The molecule has 1 aliphatic heterocycles. The van der Waals surface area contributed by atoms with Crippen LogP contribution in [-0.4, -0.2) is 49.9 Å². The van der Waals surface area contributed by atoms with E-state index in [1.54, 1.807) is 7.11 Å². The Hall–Kier alpha value is -1.50. The number of hydrogen-bond acceptors (Lipinski definition) is 5. The maximum absolute atomic E-state index is 12.2. The van der Waals surface area contributed by atoms with E-state index in [2.05, 4.69) is 10.6 Å². The van der Waals surface area contributed by atoms with Gasteiger partial charge in [0.2, 0.25) is 0 Å². The molecule has 1 aromatic carbocycles. The van der Waals surface area contributed by atoms with Crippen LogP contribution < -0.4 is 10.6 Å². The van der Waals surface area contributed by atoms with Crippen LogP contribution in [0.15, 0.2) is 30.3 Å². The van der Waals surface area contributed by atoms with Crippen molar-refractivity contribution in [2.45, 2.75) is 44.4 Å². The van der Waals surface area contributed by atoms with Gasteiger partial charge in [-0.15, -0.1) is 0 Å². The highest BCUT2D eigenvalue weighted by Crippen LogP contribution is 2.20. The first-order valence-corrected chi connectivity index (χ1v) is 9.16. The average molecular weight is 365 g/mol. The molecule has 1 aromatic rings. The summed E-state index contributed by atoms with van der Waals surface area (Å²) in [7, 11) is 3.11. The first-order chi connectivity index (χ1) is 12.1. The van der Waals surface area contributed by atoms with E-state index in [1.165, 1.54) is 7.11 Å². The standard InChI is InChI=1S/C19H28N2O3S/c1-13(17(23-2)15-10-7-11-20-15)18(25)21-16(19(22)24-3)12-14-8-5-4-6-9-14/h4-6,8-9,13,15-17,20H,7,10-12H2,1-3H3,(H,21,25). The number of esters is 1. The summed E-state index contributed by atoms with van der Waals surface area (Å²) in [6, 6.07) is 9.64. The van der Waals surface area contributed by atoms with Crippen LogP contribution in [0.5, 0.6) is 0 Å². The van der Waals surface area contributed by atoms with Crippen LogP contribution in [0, 0.1) is 5.92 Å². The summed E-state index contributed by atoms with van der Waals surface area (Å²) >= 11 is 5.59. The molecule has 0 radical (unpaired) electrons. The lowest BCUT2D eigenvalue weighted by molar-refractivity contribution is -0.142. The summed E-state index contributed by atoms with van der Waals surface area (Å²) in [4.78, 5) is 12.8. The van der Waals surface area contributed by atoms with Crippen molar-refractivity contribution in [3.05, 3.63) is 35.9 Å². The normalized spacial score (nSPS) is 20.5. The topological polar surface area (TPSA) is 59.6 Å². The van der Waals surface area contributed by atoms with E-state index in [0.29, 0.717) is 17.5 Å². The molecule has 25 heavy (non-hydrogen) atoms. The lowest BCUT2D eigenvalue weighted by Crippen LogP contribution is -2.50. The largest absolute Gasteiger partial charge is 0.467 e. The van der Waals surface area contributed by atoms with Crippen molar-refractivity contribution in [1.82, 2.24) is 10.6 Å². The van der Waals surface area contributed by atoms with Crippen molar-refractivity contribution in [3.8, 4) is 0 Å². The zero-order valence-electron chi connectivity index (χ0n) is 15.2. The van der Waals surface area contributed by atoms with Gasteiger partial charge in [-0.3, -0.25) is 0 Å². The molecule has 1 fully saturated rings. The molecule has 6 heteroatoms. The Kier molecular flexibility index (Phi) is 7.81. The zero-order chi connectivity index (χ0) is 18.2. The molecule has 0 saturated carbocycles. The minimum atomic E-state index is -0.503. The first-order valence-electron chi connectivity index (χ1n) is 8.75. The second-order valence-corrected chi connectivity index (χ2v) is 6.91. The molecule has 4 atom stereocenters. The van der Waals surface area contributed by atoms with Gasteiger partial charge in [0, 0.05) is 25.5 Å². The minimum Gasteiger partial charge on any atom is -0.467 e. The Bertz CT molecular complexity index is 561. The number of benzene rings is 1. The first kappa shape index (κ1) is 19.8. The third-order valence-electron chi connectivity index (χ3n) is 4.76. The fourth-order valence-corrected chi connectivity index (χ4v) is 3.62. The van der Waals surface area contributed by atoms with Crippen molar-refractivity contribution >= 4 is 23.2 Å². The third-order valence-corrected chi connectivity index (χ3v) is 5.25. The molecule has 0 aliphatic carbocycles. The molecule has 0 aromatic heterocycles. The summed E-state index contributed by atoms with van der Waals surface area (Å²) in [6.45, 7) is 3.05. The number of hydrogen-bond donors (Lipinski definition) is 2. The lowest BCUT2D eigenvalue weighted by Gasteiger charge is -2.30. The molecule has 0 spiro atoms. The van der Waals surface area contributed by atoms with Crippen LogP contribution >= 0.6 is 12.2 Å². The highest BCUT2D eigenvalue weighted by Gasteiger charge is 2.32. The highest BCUT2D eigenvalue weighted by atomic mass is 32.1. The van der Waals surface area contributed by atoms with Gasteiger partial charge in [0.1, 0.15) is 6.04 Å². The second kappa shape index (κ2) is 9.85. The predicted octanol–water partition coefficient (Wildman–Crippen LogP) is 2.09. The van der Waals surface area contributed by atoms with E-state index < -0.39 is 6.04 Å². The molecule has 2 N–H and O–H groups in total. The Balaban J connectivity index is 2.03. The third kappa shape index (κ3) is 5.49.